The van der Waals surface area contributed by atoms with Crippen LogP contribution >= 0.6 is 11.3 Å². The molecule has 1 aliphatic rings. The van der Waals surface area contributed by atoms with Gasteiger partial charge in [0.1, 0.15) is 0 Å². The molecule has 0 spiro atoms. The number of hydrogen-bond donors (Lipinski definition) is 1. The molecular formula is C12H19NOS. The molecule has 1 saturated heterocycles. The van der Waals surface area contributed by atoms with Crippen LogP contribution in [-0.4, -0.2) is 25.3 Å². The van der Waals surface area contributed by atoms with E-state index in [1.165, 1.54) is 17.7 Å². The average molecular weight is 225 g/mol. The maximum absolute atomic E-state index is 5.99. The third-order valence-corrected chi connectivity index (χ3v) is 3.87. The molecule has 0 bridgehead atoms. The summed E-state index contributed by atoms with van der Waals surface area (Å²) in [5, 5.41) is 5.52. The molecule has 1 unspecified atom stereocenters. The monoisotopic (exact) mass is 225 g/mol. The van der Waals surface area contributed by atoms with Crippen LogP contribution in [0.3, 0.4) is 0 Å². The molecule has 0 amide bonds. The van der Waals surface area contributed by atoms with E-state index in [1.807, 2.05) is 11.3 Å². The van der Waals surface area contributed by atoms with Gasteiger partial charge in [-0.25, -0.2) is 0 Å². The molecule has 1 fully saturated rings. The van der Waals surface area contributed by atoms with Gasteiger partial charge in [0.2, 0.25) is 0 Å². The second-order valence-electron chi connectivity index (χ2n) is 4.41. The van der Waals surface area contributed by atoms with Gasteiger partial charge in [0, 0.05) is 17.8 Å². The Balaban J connectivity index is 1.72. The molecule has 1 atom stereocenters. The highest BCUT2D eigenvalue weighted by Gasteiger charge is 2.26. The number of ether oxygens (including phenoxy) is 1. The van der Waals surface area contributed by atoms with Crippen LogP contribution < -0.4 is 5.32 Å². The van der Waals surface area contributed by atoms with Crippen molar-refractivity contribution in [1.82, 2.24) is 5.32 Å². The summed E-state index contributed by atoms with van der Waals surface area (Å²) in [5.74, 6) is 0. The molecule has 3 heteroatoms. The van der Waals surface area contributed by atoms with Crippen molar-refractivity contribution < 1.29 is 4.74 Å². The van der Waals surface area contributed by atoms with Crippen molar-refractivity contribution in [2.45, 2.75) is 31.8 Å². The van der Waals surface area contributed by atoms with Gasteiger partial charge in [-0.05, 0) is 37.8 Å². The molecule has 1 aromatic rings. The summed E-state index contributed by atoms with van der Waals surface area (Å²) in [6.07, 6.45) is 3.47. The van der Waals surface area contributed by atoms with Crippen molar-refractivity contribution in [3.05, 3.63) is 22.4 Å². The fraction of sp³-hybridized carbons (Fsp3) is 0.667. The normalized spacial score (nSPS) is 26.7. The summed E-state index contributed by atoms with van der Waals surface area (Å²) in [7, 11) is 0. The lowest BCUT2D eigenvalue weighted by Gasteiger charge is -2.34. The van der Waals surface area contributed by atoms with E-state index < -0.39 is 0 Å². The summed E-state index contributed by atoms with van der Waals surface area (Å²) >= 11 is 1.81. The molecular weight excluding hydrogens is 206 g/mol. The minimum Gasteiger partial charge on any atom is -0.374 e. The molecule has 0 radical (unpaired) electrons. The fourth-order valence-electron chi connectivity index (χ4n) is 2.00. The Morgan fingerprint density at radius 2 is 2.53 bits per heavy atom. The lowest BCUT2D eigenvalue weighted by atomic mass is 9.96. The molecule has 1 aromatic heterocycles. The molecule has 2 rings (SSSR count). The van der Waals surface area contributed by atoms with Gasteiger partial charge in [-0.3, -0.25) is 0 Å². The summed E-state index contributed by atoms with van der Waals surface area (Å²) in [6.45, 7) is 5.20. The lowest BCUT2D eigenvalue weighted by molar-refractivity contribution is -0.0448. The van der Waals surface area contributed by atoms with Crippen LogP contribution in [-0.2, 0) is 11.2 Å². The summed E-state index contributed by atoms with van der Waals surface area (Å²) in [5.41, 5.74) is 0.0650. The molecule has 0 aromatic carbocycles. The third kappa shape index (κ3) is 3.30. The zero-order valence-electron chi connectivity index (χ0n) is 9.29. The number of hydrogen-bond acceptors (Lipinski definition) is 3. The first-order valence-corrected chi connectivity index (χ1v) is 6.54. The molecule has 0 aliphatic carbocycles. The topological polar surface area (TPSA) is 21.3 Å². The van der Waals surface area contributed by atoms with E-state index in [-0.39, 0.29) is 5.60 Å². The smallest absolute Gasteiger partial charge is 0.0778 e. The molecule has 15 heavy (non-hydrogen) atoms. The van der Waals surface area contributed by atoms with Crippen LogP contribution in [0.1, 0.15) is 24.6 Å². The Labute approximate surface area is 95.6 Å². The average Bonchev–Trinajstić information content (AvgIpc) is 2.71. The van der Waals surface area contributed by atoms with Gasteiger partial charge in [-0.1, -0.05) is 6.07 Å². The molecule has 1 N–H and O–H groups in total. The maximum Gasteiger partial charge on any atom is 0.0778 e. The van der Waals surface area contributed by atoms with Crippen molar-refractivity contribution in [2.24, 2.45) is 0 Å². The fourth-order valence-corrected chi connectivity index (χ4v) is 2.69. The molecule has 84 valence electrons. The number of thiophene rings is 1. The Morgan fingerprint density at radius 3 is 3.20 bits per heavy atom. The Kier molecular flexibility index (Phi) is 3.78. The quantitative estimate of drug-likeness (QED) is 0.850. The first kappa shape index (κ1) is 11.1. The van der Waals surface area contributed by atoms with Crippen LogP contribution in [0.25, 0.3) is 0 Å². The van der Waals surface area contributed by atoms with Gasteiger partial charge in [0.05, 0.1) is 12.2 Å². The number of rotatable bonds is 4. The van der Waals surface area contributed by atoms with Crippen LogP contribution in [0.4, 0.5) is 0 Å². The SMILES string of the molecule is CC1(OCCc2cccs2)CCCNC1. The van der Waals surface area contributed by atoms with Crippen LogP contribution in [0.5, 0.6) is 0 Å². The summed E-state index contributed by atoms with van der Waals surface area (Å²) in [6, 6.07) is 4.28. The zero-order chi connectivity index (χ0) is 10.6. The highest BCUT2D eigenvalue weighted by Crippen LogP contribution is 2.20. The number of nitrogens with one attached hydrogen (secondary N) is 1. The van der Waals surface area contributed by atoms with Crippen molar-refractivity contribution in [1.29, 1.82) is 0 Å². The standard InChI is InChI=1S/C12H19NOS/c1-12(6-3-7-13-10-12)14-8-5-11-4-2-9-15-11/h2,4,9,13H,3,5-8,10H2,1H3. The highest BCUT2D eigenvalue weighted by atomic mass is 32.1. The van der Waals surface area contributed by atoms with Crippen molar-refractivity contribution >= 4 is 11.3 Å². The van der Waals surface area contributed by atoms with Crippen molar-refractivity contribution in [2.75, 3.05) is 19.7 Å². The minimum atomic E-state index is 0.0650. The highest BCUT2D eigenvalue weighted by molar-refractivity contribution is 7.09. The minimum absolute atomic E-state index is 0.0650. The van der Waals surface area contributed by atoms with Crippen LogP contribution in [0.2, 0.25) is 0 Å². The van der Waals surface area contributed by atoms with E-state index in [1.54, 1.807) is 0 Å². The maximum atomic E-state index is 5.99. The van der Waals surface area contributed by atoms with Gasteiger partial charge in [-0.15, -0.1) is 11.3 Å². The van der Waals surface area contributed by atoms with E-state index >= 15 is 0 Å². The molecule has 2 heterocycles. The first-order valence-electron chi connectivity index (χ1n) is 5.66. The van der Waals surface area contributed by atoms with E-state index in [0.717, 1.165) is 26.1 Å². The zero-order valence-corrected chi connectivity index (χ0v) is 10.1. The van der Waals surface area contributed by atoms with Crippen molar-refractivity contribution in [3.8, 4) is 0 Å². The second-order valence-corrected chi connectivity index (χ2v) is 5.44. The lowest BCUT2D eigenvalue weighted by Crippen LogP contribution is -2.45. The van der Waals surface area contributed by atoms with Crippen molar-refractivity contribution in [3.63, 3.8) is 0 Å². The Morgan fingerprint density at radius 1 is 1.60 bits per heavy atom. The second kappa shape index (κ2) is 5.10. The van der Waals surface area contributed by atoms with E-state index in [9.17, 15) is 0 Å². The van der Waals surface area contributed by atoms with Gasteiger partial charge in [0.15, 0.2) is 0 Å². The van der Waals surface area contributed by atoms with Gasteiger partial charge < -0.3 is 10.1 Å². The van der Waals surface area contributed by atoms with Crippen LogP contribution in [0, 0.1) is 0 Å². The van der Waals surface area contributed by atoms with Crippen LogP contribution in [0.15, 0.2) is 17.5 Å². The Bertz CT molecular complexity index is 278. The molecule has 1 aliphatic heterocycles. The number of piperidine rings is 1. The summed E-state index contributed by atoms with van der Waals surface area (Å²) < 4.78 is 5.99. The van der Waals surface area contributed by atoms with E-state index in [2.05, 4.69) is 29.8 Å². The van der Waals surface area contributed by atoms with E-state index in [0.29, 0.717) is 0 Å². The predicted molar refractivity (Wildman–Crippen MR) is 64.5 cm³/mol. The first-order chi connectivity index (χ1) is 7.29. The molecule has 2 nitrogen and oxygen atoms in total. The summed E-state index contributed by atoms with van der Waals surface area (Å²) in [4.78, 5) is 1.42. The predicted octanol–water partition coefficient (Wildman–Crippen LogP) is 2.45. The van der Waals surface area contributed by atoms with Gasteiger partial charge >= 0.3 is 0 Å². The largest absolute Gasteiger partial charge is 0.374 e. The van der Waals surface area contributed by atoms with Gasteiger partial charge in [0.25, 0.3) is 0 Å². The van der Waals surface area contributed by atoms with Gasteiger partial charge in [-0.2, -0.15) is 0 Å². The third-order valence-electron chi connectivity index (χ3n) is 2.94. The Hall–Kier alpha value is -0.380. The molecule has 0 saturated carbocycles. The van der Waals surface area contributed by atoms with E-state index in [4.69, 9.17) is 4.74 Å².